The minimum atomic E-state index is -3.43. The number of halogens is 6. The van der Waals surface area contributed by atoms with Gasteiger partial charge in [0, 0.05) is 11.8 Å². The van der Waals surface area contributed by atoms with Crippen LogP contribution in [0.2, 0.25) is 0 Å². The molecule has 0 heterocycles. The first-order valence-electron chi connectivity index (χ1n) is 9.66. The van der Waals surface area contributed by atoms with E-state index in [1.54, 1.807) is 0 Å². The molecule has 4 atom stereocenters. The van der Waals surface area contributed by atoms with Crippen molar-refractivity contribution in [2.45, 2.75) is 38.5 Å². The number of hydrogen-bond donors (Lipinski definition) is 0. The first kappa shape index (κ1) is 20.9. The number of hydrogen-bond acceptors (Lipinski definition) is 1. The molecule has 2 aliphatic carbocycles. The Morgan fingerprint density at radius 2 is 1.00 bits per heavy atom. The second kappa shape index (κ2) is 6.34. The molecule has 2 fully saturated rings. The van der Waals surface area contributed by atoms with Gasteiger partial charge in [-0.05, 0) is 62.1 Å². The van der Waals surface area contributed by atoms with Crippen molar-refractivity contribution in [2.24, 2.45) is 22.7 Å². The summed E-state index contributed by atoms with van der Waals surface area (Å²) in [4.78, 5) is 13.1. The Morgan fingerprint density at radius 3 is 1.30 bits per heavy atom. The van der Waals surface area contributed by atoms with E-state index in [9.17, 15) is 31.1 Å². The summed E-state index contributed by atoms with van der Waals surface area (Å²) < 4.78 is 84.9. The van der Waals surface area contributed by atoms with E-state index in [1.165, 1.54) is 24.3 Å². The summed E-state index contributed by atoms with van der Waals surface area (Å²) in [6.07, 6.45) is -0.417. The molecule has 0 radical (unpaired) electrons. The van der Waals surface area contributed by atoms with Gasteiger partial charge in [-0.1, -0.05) is 24.3 Å². The van der Waals surface area contributed by atoms with Gasteiger partial charge < -0.3 is 0 Å². The van der Waals surface area contributed by atoms with Crippen LogP contribution in [0, 0.1) is 34.3 Å². The highest BCUT2D eigenvalue weighted by atomic mass is 19.3. The number of carbonyl (C=O) groups excluding carboxylic acids is 1. The molecule has 1 nitrogen and oxygen atoms in total. The second-order valence-electron chi connectivity index (χ2n) is 8.75. The van der Waals surface area contributed by atoms with Gasteiger partial charge in [-0.15, -0.1) is 0 Å². The van der Waals surface area contributed by atoms with Crippen molar-refractivity contribution >= 4 is 5.78 Å². The normalized spacial score (nSPS) is 33.2. The van der Waals surface area contributed by atoms with Gasteiger partial charge >= 0.3 is 0 Å². The molecule has 0 bridgehead atoms. The number of rotatable bonds is 6. The van der Waals surface area contributed by atoms with Crippen LogP contribution in [0.3, 0.4) is 0 Å². The van der Waals surface area contributed by atoms with Crippen LogP contribution in [0.1, 0.15) is 25.0 Å². The van der Waals surface area contributed by atoms with Crippen LogP contribution in [-0.4, -0.2) is 17.6 Å². The molecule has 0 spiro atoms. The van der Waals surface area contributed by atoms with Gasteiger partial charge in [0.1, 0.15) is 11.6 Å². The summed E-state index contributed by atoms with van der Waals surface area (Å²) >= 11 is 0. The van der Waals surface area contributed by atoms with Crippen molar-refractivity contribution in [1.29, 1.82) is 0 Å². The van der Waals surface area contributed by atoms with Crippen molar-refractivity contribution < 1.29 is 31.1 Å². The van der Waals surface area contributed by atoms with E-state index in [0.717, 1.165) is 38.1 Å². The lowest BCUT2D eigenvalue weighted by Gasteiger charge is -2.16. The summed E-state index contributed by atoms with van der Waals surface area (Å²) in [5, 5.41) is 0. The summed E-state index contributed by atoms with van der Waals surface area (Å²) in [7, 11) is 0. The van der Waals surface area contributed by atoms with Crippen molar-refractivity contribution in [1.82, 2.24) is 0 Å². The predicted molar refractivity (Wildman–Crippen MR) is 98.3 cm³/mol. The minimum absolute atomic E-state index is 0.209. The highest BCUT2D eigenvalue weighted by molar-refractivity contribution is 5.98. The lowest BCUT2D eigenvalue weighted by Crippen LogP contribution is -2.31. The molecule has 2 aromatic carbocycles. The average molecular weight is 426 g/mol. The smallest absolute Gasteiger partial charge is 0.265 e. The Hall–Kier alpha value is -2.31. The SMILES string of the molecule is CC1(C(=O)C2(C)C(Cc3ccc(F)cc3)C2(F)F)C(Cc2ccc(F)cc2)C1(F)F. The van der Waals surface area contributed by atoms with Crippen molar-refractivity contribution in [3.8, 4) is 0 Å². The first-order chi connectivity index (χ1) is 13.9. The molecule has 0 saturated heterocycles. The van der Waals surface area contributed by atoms with Crippen LogP contribution in [-0.2, 0) is 17.6 Å². The number of alkyl halides is 4. The molecule has 0 N–H and O–H groups in total. The lowest BCUT2D eigenvalue weighted by molar-refractivity contribution is -0.135. The van der Waals surface area contributed by atoms with Crippen LogP contribution in [0.15, 0.2) is 48.5 Å². The van der Waals surface area contributed by atoms with Crippen LogP contribution >= 0.6 is 0 Å². The highest BCUT2D eigenvalue weighted by Gasteiger charge is 2.90. The maximum absolute atomic E-state index is 14.7. The van der Waals surface area contributed by atoms with Crippen molar-refractivity contribution in [3.05, 3.63) is 71.3 Å². The third-order valence-corrected chi connectivity index (χ3v) is 7.14. The molecular formula is C23H20F6O. The van der Waals surface area contributed by atoms with Gasteiger partial charge in [-0.2, -0.15) is 0 Å². The zero-order valence-electron chi connectivity index (χ0n) is 16.4. The monoisotopic (exact) mass is 426 g/mol. The number of carbonyl (C=O) groups is 1. The molecule has 0 aliphatic heterocycles. The predicted octanol–water partition coefficient (Wildman–Crippen LogP) is 5.86. The Morgan fingerprint density at radius 1 is 0.700 bits per heavy atom. The van der Waals surface area contributed by atoms with Gasteiger partial charge in [0.15, 0.2) is 5.78 Å². The number of Topliss-reactive ketones (excluding diaryl/α,β-unsaturated/α-hetero) is 1. The van der Waals surface area contributed by atoms with E-state index in [0.29, 0.717) is 11.1 Å². The summed E-state index contributed by atoms with van der Waals surface area (Å²) in [6, 6.07) is 9.90. The first-order valence-corrected chi connectivity index (χ1v) is 9.66. The molecule has 4 rings (SSSR count). The molecular weight excluding hydrogens is 406 g/mol. The van der Waals surface area contributed by atoms with Gasteiger partial charge in [-0.25, -0.2) is 26.3 Å². The molecule has 0 amide bonds. The molecule has 30 heavy (non-hydrogen) atoms. The topological polar surface area (TPSA) is 17.1 Å². The second-order valence-corrected chi connectivity index (χ2v) is 8.75. The average Bonchev–Trinajstić information content (AvgIpc) is 3.33. The number of ketones is 1. The Bertz CT molecular complexity index is 904. The third-order valence-electron chi connectivity index (χ3n) is 7.14. The van der Waals surface area contributed by atoms with E-state index in [4.69, 9.17) is 0 Å². The van der Waals surface area contributed by atoms with Crippen molar-refractivity contribution in [2.75, 3.05) is 0 Å². The Kier molecular flexibility index (Phi) is 4.43. The van der Waals surface area contributed by atoms with E-state index < -0.39 is 51.9 Å². The third kappa shape index (κ3) is 2.73. The van der Waals surface area contributed by atoms with Crippen LogP contribution < -0.4 is 0 Å². The van der Waals surface area contributed by atoms with E-state index >= 15 is 0 Å². The van der Waals surface area contributed by atoms with E-state index in [-0.39, 0.29) is 12.8 Å². The quantitative estimate of drug-likeness (QED) is 0.529. The zero-order chi connectivity index (χ0) is 22.1. The van der Waals surface area contributed by atoms with Gasteiger partial charge in [0.05, 0.1) is 10.8 Å². The summed E-state index contributed by atoms with van der Waals surface area (Å²) in [5.74, 6) is -11.9. The zero-order valence-corrected chi connectivity index (χ0v) is 16.4. The number of benzene rings is 2. The Labute approximate surface area is 170 Å². The van der Waals surface area contributed by atoms with Gasteiger partial charge in [0.25, 0.3) is 11.8 Å². The maximum atomic E-state index is 14.7. The van der Waals surface area contributed by atoms with Crippen molar-refractivity contribution in [3.63, 3.8) is 0 Å². The largest absolute Gasteiger partial charge is 0.298 e. The molecule has 160 valence electrons. The lowest BCUT2D eigenvalue weighted by atomic mass is 9.84. The maximum Gasteiger partial charge on any atom is 0.265 e. The molecule has 7 heteroatoms. The summed E-state index contributed by atoms with van der Waals surface area (Å²) in [6.45, 7) is 2.08. The fraction of sp³-hybridized carbons (Fsp3) is 0.435. The molecule has 2 aliphatic rings. The minimum Gasteiger partial charge on any atom is -0.298 e. The van der Waals surface area contributed by atoms with E-state index in [2.05, 4.69) is 0 Å². The molecule has 4 unspecified atom stereocenters. The fourth-order valence-corrected chi connectivity index (χ4v) is 4.77. The Balaban J connectivity index is 1.56. The molecule has 2 aromatic rings. The summed E-state index contributed by atoms with van der Waals surface area (Å²) in [5.41, 5.74) is -3.60. The molecule has 0 aromatic heterocycles. The fourth-order valence-electron chi connectivity index (χ4n) is 4.77. The van der Waals surface area contributed by atoms with Gasteiger partial charge in [0.2, 0.25) is 0 Å². The standard InChI is InChI=1S/C23H20F6O/c1-20(17(22(20,26)27)11-13-3-7-15(24)8-4-13)19(30)21(2)18(23(21,28)29)12-14-5-9-16(25)10-6-14/h3-10,17-18H,11-12H2,1-2H3. The van der Waals surface area contributed by atoms with E-state index in [1.807, 2.05) is 0 Å². The molecule has 2 saturated carbocycles. The van der Waals surface area contributed by atoms with Crippen LogP contribution in [0.25, 0.3) is 0 Å². The van der Waals surface area contributed by atoms with Crippen LogP contribution in [0.5, 0.6) is 0 Å². The van der Waals surface area contributed by atoms with Crippen LogP contribution in [0.4, 0.5) is 26.3 Å². The highest BCUT2D eigenvalue weighted by Crippen LogP contribution is 2.76. The van der Waals surface area contributed by atoms with Gasteiger partial charge in [-0.3, -0.25) is 4.79 Å².